The van der Waals surface area contributed by atoms with Gasteiger partial charge in [-0.3, -0.25) is 9.59 Å². The van der Waals surface area contributed by atoms with Crippen molar-refractivity contribution in [3.05, 3.63) is 77.9 Å². The number of carbonyl (C=O) groups excluding carboxylic acids is 2. The zero-order valence-corrected chi connectivity index (χ0v) is 19.0. The molecule has 0 spiro atoms. The van der Waals surface area contributed by atoms with Gasteiger partial charge in [0.25, 0.3) is 11.8 Å². The molecule has 6 heteroatoms. The summed E-state index contributed by atoms with van der Waals surface area (Å²) in [7, 11) is 1.64. The number of carbonyl (C=O) groups is 2. The molecule has 170 valence electrons. The van der Waals surface area contributed by atoms with E-state index >= 15 is 0 Å². The van der Waals surface area contributed by atoms with Gasteiger partial charge in [0, 0.05) is 24.3 Å². The Balaban J connectivity index is 1.40. The first-order valence-electron chi connectivity index (χ1n) is 11.1. The van der Waals surface area contributed by atoms with Crippen LogP contribution in [0.25, 0.3) is 11.1 Å². The van der Waals surface area contributed by atoms with E-state index in [0.717, 1.165) is 48.4 Å². The summed E-state index contributed by atoms with van der Waals surface area (Å²) in [5.41, 5.74) is 4.19. The number of ether oxygens (including phenoxy) is 2. The number of likely N-dealkylation sites (tertiary alicyclic amines) is 1. The van der Waals surface area contributed by atoms with Gasteiger partial charge in [-0.15, -0.1) is 0 Å². The first kappa shape index (κ1) is 22.4. The van der Waals surface area contributed by atoms with E-state index < -0.39 is 0 Å². The highest BCUT2D eigenvalue weighted by molar-refractivity contribution is 6.06. The molecular formula is C27H28N2O4. The average Bonchev–Trinajstić information content (AvgIpc) is 3.39. The van der Waals surface area contributed by atoms with Crippen molar-refractivity contribution in [3.63, 3.8) is 0 Å². The summed E-state index contributed by atoms with van der Waals surface area (Å²) in [5.74, 6) is 1.22. The molecule has 1 N–H and O–H groups in total. The van der Waals surface area contributed by atoms with Gasteiger partial charge < -0.3 is 19.7 Å². The minimum atomic E-state index is -0.180. The summed E-state index contributed by atoms with van der Waals surface area (Å²) in [4.78, 5) is 26.9. The van der Waals surface area contributed by atoms with Crippen molar-refractivity contribution in [2.75, 3.05) is 32.1 Å². The molecule has 1 aliphatic rings. The van der Waals surface area contributed by atoms with E-state index in [1.165, 1.54) is 0 Å². The third-order valence-corrected chi connectivity index (χ3v) is 5.91. The average molecular weight is 445 g/mol. The topological polar surface area (TPSA) is 67.9 Å². The molecule has 3 aromatic carbocycles. The van der Waals surface area contributed by atoms with Crippen LogP contribution >= 0.6 is 0 Å². The van der Waals surface area contributed by atoms with Crippen LogP contribution < -0.4 is 14.8 Å². The van der Waals surface area contributed by atoms with Crippen LogP contribution in [0.4, 0.5) is 5.69 Å². The second kappa shape index (κ2) is 10.2. The van der Waals surface area contributed by atoms with Crippen LogP contribution in [0.1, 0.15) is 28.8 Å². The van der Waals surface area contributed by atoms with Crippen LogP contribution in [0.5, 0.6) is 11.5 Å². The Kier molecular flexibility index (Phi) is 6.93. The zero-order chi connectivity index (χ0) is 23.2. The molecule has 0 aromatic heterocycles. The molecule has 2 amide bonds. The number of nitrogens with zero attached hydrogens (tertiary/aromatic N) is 1. The summed E-state index contributed by atoms with van der Waals surface area (Å²) in [6.45, 7) is 3.60. The van der Waals surface area contributed by atoms with Gasteiger partial charge in [-0.1, -0.05) is 24.3 Å². The number of hydrogen-bond donors (Lipinski definition) is 1. The molecule has 0 aliphatic carbocycles. The smallest absolute Gasteiger partial charge is 0.260 e. The third-order valence-electron chi connectivity index (χ3n) is 5.91. The highest BCUT2D eigenvalue weighted by atomic mass is 16.5. The lowest BCUT2D eigenvalue weighted by Gasteiger charge is -2.15. The summed E-state index contributed by atoms with van der Waals surface area (Å²) in [6.07, 6.45) is 2.12. The number of nitrogens with one attached hydrogen (secondary N) is 1. The maximum absolute atomic E-state index is 13.0. The van der Waals surface area contributed by atoms with Crippen molar-refractivity contribution >= 4 is 17.5 Å². The maximum Gasteiger partial charge on any atom is 0.260 e. The number of hydrogen-bond acceptors (Lipinski definition) is 4. The number of methoxy groups -OCH3 is 1. The van der Waals surface area contributed by atoms with Crippen LogP contribution in [0.2, 0.25) is 0 Å². The van der Waals surface area contributed by atoms with Crippen molar-refractivity contribution < 1.29 is 19.1 Å². The fourth-order valence-corrected chi connectivity index (χ4v) is 4.00. The third kappa shape index (κ3) is 5.34. The second-order valence-corrected chi connectivity index (χ2v) is 8.06. The Morgan fingerprint density at radius 1 is 0.909 bits per heavy atom. The lowest BCUT2D eigenvalue weighted by molar-refractivity contribution is -0.132. The Hall–Kier alpha value is -3.80. The van der Waals surface area contributed by atoms with Crippen molar-refractivity contribution in [2.45, 2.75) is 19.8 Å². The summed E-state index contributed by atoms with van der Waals surface area (Å²) in [6, 6.07) is 20.5. The van der Waals surface area contributed by atoms with E-state index in [-0.39, 0.29) is 18.4 Å². The predicted octanol–water partition coefficient (Wildman–Crippen LogP) is 4.92. The Morgan fingerprint density at radius 3 is 2.24 bits per heavy atom. The minimum Gasteiger partial charge on any atom is -0.497 e. The number of benzene rings is 3. The van der Waals surface area contributed by atoms with E-state index in [9.17, 15) is 9.59 Å². The fraction of sp³-hybridized carbons (Fsp3) is 0.259. The van der Waals surface area contributed by atoms with Gasteiger partial charge in [-0.05, 0) is 78.9 Å². The van der Waals surface area contributed by atoms with Crippen LogP contribution in [0, 0.1) is 6.92 Å². The van der Waals surface area contributed by atoms with E-state index in [1.807, 2.05) is 54.3 Å². The second-order valence-electron chi connectivity index (χ2n) is 8.06. The van der Waals surface area contributed by atoms with Gasteiger partial charge in [0.15, 0.2) is 6.61 Å². The first-order chi connectivity index (χ1) is 16.0. The zero-order valence-electron chi connectivity index (χ0n) is 19.0. The summed E-state index contributed by atoms with van der Waals surface area (Å²) >= 11 is 0. The molecular weight excluding hydrogens is 416 g/mol. The molecule has 1 fully saturated rings. The van der Waals surface area contributed by atoms with Crippen molar-refractivity contribution in [1.29, 1.82) is 0 Å². The van der Waals surface area contributed by atoms with E-state index in [4.69, 9.17) is 9.47 Å². The number of rotatable bonds is 7. The molecule has 0 radical (unpaired) electrons. The summed E-state index contributed by atoms with van der Waals surface area (Å²) in [5, 5.41) is 2.94. The molecule has 1 aliphatic heterocycles. The van der Waals surface area contributed by atoms with Crippen LogP contribution in [0.3, 0.4) is 0 Å². The monoisotopic (exact) mass is 444 g/mol. The Morgan fingerprint density at radius 2 is 1.58 bits per heavy atom. The molecule has 3 aromatic rings. The fourth-order valence-electron chi connectivity index (χ4n) is 4.00. The molecule has 6 nitrogen and oxygen atoms in total. The highest BCUT2D eigenvalue weighted by Crippen LogP contribution is 2.28. The quantitative estimate of drug-likeness (QED) is 0.561. The molecule has 1 saturated heterocycles. The van der Waals surface area contributed by atoms with Gasteiger partial charge in [-0.2, -0.15) is 0 Å². The van der Waals surface area contributed by atoms with E-state index in [1.54, 1.807) is 31.4 Å². The molecule has 4 rings (SSSR count). The number of amides is 2. The summed E-state index contributed by atoms with van der Waals surface area (Å²) < 4.78 is 10.8. The normalized spacial score (nSPS) is 13.0. The highest BCUT2D eigenvalue weighted by Gasteiger charge is 2.18. The van der Waals surface area contributed by atoms with E-state index in [2.05, 4.69) is 5.32 Å². The van der Waals surface area contributed by atoms with Gasteiger partial charge in [-0.25, -0.2) is 0 Å². The van der Waals surface area contributed by atoms with Crippen molar-refractivity contribution in [1.82, 2.24) is 4.90 Å². The molecule has 0 unspecified atom stereocenters. The van der Waals surface area contributed by atoms with Crippen molar-refractivity contribution in [2.24, 2.45) is 0 Å². The maximum atomic E-state index is 13.0. The molecule has 0 atom stereocenters. The van der Waals surface area contributed by atoms with Crippen LogP contribution in [-0.2, 0) is 4.79 Å². The Labute approximate surface area is 194 Å². The molecule has 0 bridgehead atoms. The predicted molar refractivity (Wildman–Crippen MR) is 129 cm³/mol. The lowest BCUT2D eigenvalue weighted by Crippen LogP contribution is -2.32. The first-order valence-corrected chi connectivity index (χ1v) is 11.1. The van der Waals surface area contributed by atoms with Gasteiger partial charge >= 0.3 is 0 Å². The standard InChI is InChI=1S/C27H28N2O4/c1-19-24(20-8-12-22(32-2)13-9-20)6-5-7-25(19)27(31)28-21-10-14-23(15-11-21)33-18-26(30)29-16-3-4-17-29/h5-15H,3-4,16-18H2,1-2H3,(H,28,31). The van der Waals surface area contributed by atoms with Crippen LogP contribution in [-0.4, -0.2) is 43.5 Å². The molecule has 0 saturated carbocycles. The largest absolute Gasteiger partial charge is 0.497 e. The van der Waals surface area contributed by atoms with Crippen molar-refractivity contribution in [3.8, 4) is 22.6 Å². The van der Waals surface area contributed by atoms with Gasteiger partial charge in [0.1, 0.15) is 11.5 Å². The molecule has 1 heterocycles. The Bertz CT molecular complexity index is 1120. The van der Waals surface area contributed by atoms with Gasteiger partial charge in [0.05, 0.1) is 7.11 Å². The van der Waals surface area contributed by atoms with E-state index in [0.29, 0.717) is 17.0 Å². The SMILES string of the molecule is COc1ccc(-c2cccc(C(=O)Nc3ccc(OCC(=O)N4CCCC4)cc3)c2C)cc1. The molecule has 33 heavy (non-hydrogen) atoms. The number of anilines is 1. The lowest BCUT2D eigenvalue weighted by atomic mass is 9.96. The van der Waals surface area contributed by atoms with Gasteiger partial charge in [0.2, 0.25) is 0 Å². The van der Waals surface area contributed by atoms with Crippen LogP contribution in [0.15, 0.2) is 66.7 Å². The minimum absolute atomic E-state index is 0.0112.